The summed E-state index contributed by atoms with van der Waals surface area (Å²) >= 11 is 1.69. The van der Waals surface area contributed by atoms with Gasteiger partial charge >= 0.3 is 0 Å². The summed E-state index contributed by atoms with van der Waals surface area (Å²) in [4.78, 5) is 4.67. The highest BCUT2D eigenvalue weighted by atomic mass is 32.1. The first-order valence-electron chi connectivity index (χ1n) is 6.92. The average molecular weight is 298 g/mol. The number of rotatable bonds is 5. The third-order valence-corrected chi connectivity index (χ3v) is 4.40. The molecule has 0 atom stereocenters. The number of aromatic nitrogens is 3. The second kappa shape index (κ2) is 6.20. The van der Waals surface area contributed by atoms with Crippen molar-refractivity contribution >= 4 is 11.3 Å². The van der Waals surface area contributed by atoms with Gasteiger partial charge in [-0.1, -0.05) is 30.3 Å². The third kappa shape index (κ3) is 3.20. The molecule has 0 amide bonds. The Kier molecular flexibility index (Phi) is 4.13. The van der Waals surface area contributed by atoms with Crippen molar-refractivity contribution in [3.05, 3.63) is 58.2 Å². The lowest BCUT2D eigenvalue weighted by Crippen LogP contribution is -2.13. The summed E-state index contributed by atoms with van der Waals surface area (Å²) in [7, 11) is 1.96. The highest BCUT2D eigenvalue weighted by Gasteiger charge is 2.06. The summed E-state index contributed by atoms with van der Waals surface area (Å²) < 4.78 is 1.90. The number of thiazole rings is 1. The first kappa shape index (κ1) is 14.0. The molecular formula is C16H18N4S. The van der Waals surface area contributed by atoms with Crippen LogP contribution in [0.1, 0.15) is 16.3 Å². The molecule has 2 aromatic heterocycles. The maximum absolute atomic E-state index is 4.67. The van der Waals surface area contributed by atoms with Gasteiger partial charge in [-0.2, -0.15) is 5.10 Å². The molecule has 4 nitrogen and oxygen atoms in total. The first-order chi connectivity index (χ1) is 10.2. The van der Waals surface area contributed by atoms with Crippen LogP contribution in [0.3, 0.4) is 0 Å². The minimum atomic E-state index is 0.784. The zero-order chi connectivity index (χ0) is 14.7. The van der Waals surface area contributed by atoms with Crippen molar-refractivity contribution < 1.29 is 0 Å². The molecular weight excluding hydrogens is 280 g/mol. The number of hydrogen-bond acceptors (Lipinski definition) is 4. The van der Waals surface area contributed by atoms with Gasteiger partial charge in [0.15, 0.2) is 0 Å². The van der Waals surface area contributed by atoms with E-state index < -0.39 is 0 Å². The summed E-state index contributed by atoms with van der Waals surface area (Å²) in [5.41, 5.74) is 4.65. The van der Waals surface area contributed by atoms with E-state index in [1.54, 1.807) is 11.3 Å². The molecule has 0 fully saturated rings. The second-order valence-corrected chi connectivity index (χ2v) is 5.92. The number of nitrogens with zero attached hydrogens (tertiary/aromatic N) is 3. The molecule has 0 radical (unpaired) electrons. The van der Waals surface area contributed by atoms with Crippen molar-refractivity contribution in [1.29, 1.82) is 0 Å². The largest absolute Gasteiger partial charge is 0.306 e. The van der Waals surface area contributed by atoms with Crippen LogP contribution < -0.4 is 5.32 Å². The van der Waals surface area contributed by atoms with E-state index in [4.69, 9.17) is 0 Å². The van der Waals surface area contributed by atoms with Crippen LogP contribution in [0.2, 0.25) is 0 Å². The van der Waals surface area contributed by atoms with E-state index >= 15 is 0 Å². The van der Waals surface area contributed by atoms with Crippen molar-refractivity contribution in [1.82, 2.24) is 20.1 Å². The molecule has 0 unspecified atom stereocenters. The molecule has 1 N–H and O–H groups in total. The molecule has 3 rings (SSSR count). The minimum absolute atomic E-state index is 0.784. The standard InChI is InChI=1S/C16H18N4S/c1-12-14(9-18-20(12)2)8-17-10-16-19-15(11-21-16)13-6-4-3-5-7-13/h3-7,9,11,17H,8,10H2,1-2H3. The van der Waals surface area contributed by atoms with Crippen molar-refractivity contribution in [3.8, 4) is 11.3 Å². The fourth-order valence-electron chi connectivity index (χ4n) is 2.16. The molecule has 108 valence electrons. The Balaban J connectivity index is 1.59. The fraction of sp³-hybridized carbons (Fsp3) is 0.250. The lowest BCUT2D eigenvalue weighted by atomic mass is 10.2. The molecule has 0 bridgehead atoms. The predicted molar refractivity (Wildman–Crippen MR) is 86.0 cm³/mol. The Morgan fingerprint density at radius 2 is 2.00 bits per heavy atom. The molecule has 0 spiro atoms. The predicted octanol–water partition coefficient (Wildman–Crippen LogP) is 3.14. The highest BCUT2D eigenvalue weighted by Crippen LogP contribution is 2.21. The Bertz CT molecular complexity index is 715. The van der Waals surface area contributed by atoms with Crippen LogP contribution in [0.5, 0.6) is 0 Å². The molecule has 0 aliphatic rings. The van der Waals surface area contributed by atoms with E-state index in [0.29, 0.717) is 0 Å². The maximum Gasteiger partial charge on any atom is 0.107 e. The molecule has 5 heteroatoms. The van der Waals surface area contributed by atoms with Gasteiger partial charge in [-0.15, -0.1) is 11.3 Å². The van der Waals surface area contributed by atoms with Gasteiger partial charge in [-0.25, -0.2) is 4.98 Å². The van der Waals surface area contributed by atoms with Crippen LogP contribution in [0.25, 0.3) is 11.3 Å². The molecule has 0 aliphatic heterocycles. The van der Waals surface area contributed by atoms with E-state index in [1.165, 1.54) is 16.8 Å². The normalized spacial score (nSPS) is 11.0. The van der Waals surface area contributed by atoms with Crippen molar-refractivity contribution in [2.75, 3.05) is 0 Å². The van der Waals surface area contributed by atoms with Gasteiger partial charge in [-0.3, -0.25) is 4.68 Å². The Morgan fingerprint density at radius 3 is 2.71 bits per heavy atom. The summed E-state index contributed by atoms with van der Waals surface area (Å²) in [5.74, 6) is 0. The SMILES string of the molecule is Cc1c(CNCc2nc(-c3ccccc3)cs2)cnn1C. The molecule has 3 aromatic rings. The van der Waals surface area contributed by atoms with Crippen LogP contribution in [0.4, 0.5) is 0 Å². The average Bonchev–Trinajstić information content (AvgIpc) is 3.10. The summed E-state index contributed by atoms with van der Waals surface area (Å²) in [6.45, 7) is 3.69. The molecule has 0 saturated heterocycles. The zero-order valence-electron chi connectivity index (χ0n) is 12.2. The van der Waals surface area contributed by atoms with Gasteiger partial charge in [0, 0.05) is 42.3 Å². The lowest BCUT2D eigenvalue weighted by molar-refractivity contribution is 0.682. The van der Waals surface area contributed by atoms with E-state index in [0.717, 1.165) is 23.8 Å². The number of hydrogen-bond donors (Lipinski definition) is 1. The van der Waals surface area contributed by atoms with E-state index in [9.17, 15) is 0 Å². The van der Waals surface area contributed by atoms with Gasteiger partial charge in [-0.05, 0) is 6.92 Å². The van der Waals surface area contributed by atoms with Gasteiger partial charge < -0.3 is 5.32 Å². The van der Waals surface area contributed by atoms with Gasteiger partial charge in [0.25, 0.3) is 0 Å². The van der Waals surface area contributed by atoms with Gasteiger partial charge in [0.1, 0.15) is 5.01 Å². The van der Waals surface area contributed by atoms with Crippen LogP contribution in [0.15, 0.2) is 41.9 Å². The highest BCUT2D eigenvalue weighted by molar-refractivity contribution is 7.09. The number of nitrogens with one attached hydrogen (secondary N) is 1. The Labute approximate surface area is 128 Å². The Morgan fingerprint density at radius 1 is 1.19 bits per heavy atom. The monoisotopic (exact) mass is 298 g/mol. The maximum atomic E-state index is 4.67. The molecule has 1 aromatic carbocycles. The number of aryl methyl sites for hydroxylation is 1. The molecule has 2 heterocycles. The Hall–Kier alpha value is -1.98. The first-order valence-corrected chi connectivity index (χ1v) is 7.80. The smallest absolute Gasteiger partial charge is 0.107 e. The minimum Gasteiger partial charge on any atom is -0.306 e. The molecule has 0 aliphatic carbocycles. The summed E-state index contributed by atoms with van der Waals surface area (Å²) in [5, 5.41) is 10.9. The summed E-state index contributed by atoms with van der Waals surface area (Å²) in [6, 6.07) is 10.3. The molecule has 0 saturated carbocycles. The van der Waals surface area contributed by atoms with Crippen LogP contribution in [0, 0.1) is 6.92 Å². The second-order valence-electron chi connectivity index (χ2n) is 4.97. The van der Waals surface area contributed by atoms with Crippen molar-refractivity contribution in [2.45, 2.75) is 20.0 Å². The number of benzene rings is 1. The fourth-order valence-corrected chi connectivity index (χ4v) is 2.93. The van der Waals surface area contributed by atoms with E-state index in [1.807, 2.05) is 36.1 Å². The van der Waals surface area contributed by atoms with Crippen LogP contribution in [-0.4, -0.2) is 14.8 Å². The van der Waals surface area contributed by atoms with Crippen LogP contribution in [-0.2, 0) is 20.1 Å². The van der Waals surface area contributed by atoms with E-state index in [2.05, 4.69) is 39.8 Å². The summed E-state index contributed by atoms with van der Waals surface area (Å²) in [6.07, 6.45) is 1.92. The topological polar surface area (TPSA) is 42.7 Å². The van der Waals surface area contributed by atoms with Crippen molar-refractivity contribution in [2.24, 2.45) is 7.05 Å². The van der Waals surface area contributed by atoms with Crippen molar-refractivity contribution in [3.63, 3.8) is 0 Å². The zero-order valence-corrected chi connectivity index (χ0v) is 13.0. The van der Waals surface area contributed by atoms with Crippen LogP contribution >= 0.6 is 11.3 Å². The van der Waals surface area contributed by atoms with Gasteiger partial charge in [0.05, 0.1) is 11.9 Å². The quantitative estimate of drug-likeness (QED) is 0.787. The lowest BCUT2D eigenvalue weighted by Gasteiger charge is -2.02. The van der Waals surface area contributed by atoms with E-state index in [-0.39, 0.29) is 0 Å². The van der Waals surface area contributed by atoms with Gasteiger partial charge in [0.2, 0.25) is 0 Å². The molecule has 21 heavy (non-hydrogen) atoms. The third-order valence-electron chi connectivity index (χ3n) is 3.55.